The highest BCUT2D eigenvalue weighted by Gasteiger charge is 2.13. The van der Waals surface area contributed by atoms with Crippen LogP contribution in [0.5, 0.6) is 5.75 Å². The minimum atomic E-state index is -0.944. The molecule has 0 aliphatic rings. The summed E-state index contributed by atoms with van der Waals surface area (Å²) in [5.41, 5.74) is 1.05. The molecule has 0 saturated heterocycles. The maximum Gasteiger partial charge on any atom is 0.121 e. The molecule has 112 valence electrons. The molecular weight excluding hydrogens is 256 g/mol. The summed E-state index contributed by atoms with van der Waals surface area (Å²) in [6.07, 6.45) is 4.93. The summed E-state index contributed by atoms with van der Waals surface area (Å²) in [6.45, 7) is 1.81. The summed E-state index contributed by atoms with van der Waals surface area (Å²) >= 11 is 0. The van der Waals surface area contributed by atoms with E-state index in [1.165, 1.54) is 12.1 Å². The zero-order chi connectivity index (χ0) is 15.0. The average Bonchev–Trinajstić information content (AvgIpc) is 2.44. The molecule has 0 aliphatic heterocycles. The molecule has 0 aliphatic carbocycles. The first-order valence-corrected chi connectivity index (χ1v) is 7.06. The van der Waals surface area contributed by atoms with Crippen LogP contribution in [0.25, 0.3) is 6.08 Å². The fraction of sp³-hybridized carbons (Fsp3) is 0.500. The van der Waals surface area contributed by atoms with E-state index in [4.69, 9.17) is 0 Å². The van der Waals surface area contributed by atoms with Crippen LogP contribution in [0.2, 0.25) is 0 Å². The van der Waals surface area contributed by atoms with Crippen LogP contribution in [-0.4, -0.2) is 32.6 Å². The summed E-state index contributed by atoms with van der Waals surface area (Å²) in [7, 11) is 0. The van der Waals surface area contributed by atoms with Crippen molar-refractivity contribution in [3.05, 3.63) is 35.4 Å². The molecule has 0 aromatic heterocycles. The van der Waals surface area contributed by atoms with E-state index in [9.17, 15) is 20.4 Å². The summed E-state index contributed by atoms with van der Waals surface area (Å²) in [6, 6.07) is 4.90. The van der Waals surface area contributed by atoms with Crippen molar-refractivity contribution in [3.63, 3.8) is 0 Å². The van der Waals surface area contributed by atoms with Crippen molar-refractivity contribution < 1.29 is 20.4 Å². The van der Waals surface area contributed by atoms with Crippen LogP contribution in [0.4, 0.5) is 0 Å². The van der Waals surface area contributed by atoms with Gasteiger partial charge in [-0.15, -0.1) is 0 Å². The van der Waals surface area contributed by atoms with E-state index in [2.05, 4.69) is 6.92 Å². The monoisotopic (exact) mass is 280 g/mol. The van der Waals surface area contributed by atoms with Gasteiger partial charge in [-0.1, -0.05) is 50.5 Å². The molecule has 4 heteroatoms. The lowest BCUT2D eigenvalue weighted by molar-refractivity contribution is 0.0420. The Morgan fingerprint density at radius 2 is 1.95 bits per heavy atom. The Hall–Kier alpha value is -1.36. The summed E-state index contributed by atoms with van der Waals surface area (Å²) < 4.78 is 0. The quantitative estimate of drug-likeness (QED) is 0.550. The highest BCUT2D eigenvalue weighted by atomic mass is 16.3. The third-order valence-electron chi connectivity index (χ3n) is 3.32. The van der Waals surface area contributed by atoms with Gasteiger partial charge in [0.05, 0.1) is 18.8 Å². The smallest absolute Gasteiger partial charge is 0.121 e. The SMILES string of the molecule is CCCCCC(O)C(O)C=Cc1cccc(O)c1CO. The van der Waals surface area contributed by atoms with Gasteiger partial charge in [-0.3, -0.25) is 0 Å². The van der Waals surface area contributed by atoms with Crippen molar-refractivity contribution in [1.29, 1.82) is 0 Å². The third kappa shape index (κ3) is 4.96. The number of benzene rings is 1. The van der Waals surface area contributed by atoms with Crippen LogP contribution in [0.3, 0.4) is 0 Å². The molecule has 0 spiro atoms. The van der Waals surface area contributed by atoms with Crippen LogP contribution in [0.15, 0.2) is 24.3 Å². The van der Waals surface area contributed by atoms with Crippen molar-refractivity contribution in [2.24, 2.45) is 0 Å². The van der Waals surface area contributed by atoms with Gasteiger partial charge in [-0.05, 0) is 18.1 Å². The molecule has 2 atom stereocenters. The second-order valence-corrected chi connectivity index (χ2v) is 4.92. The van der Waals surface area contributed by atoms with Crippen molar-refractivity contribution in [2.75, 3.05) is 0 Å². The van der Waals surface area contributed by atoms with Crippen LogP contribution < -0.4 is 0 Å². The van der Waals surface area contributed by atoms with Crippen LogP contribution in [-0.2, 0) is 6.61 Å². The largest absolute Gasteiger partial charge is 0.508 e. The topological polar surface area (TPSA) is 80.9 Å². The van der Waals surface area contributed by atoms with Crippen LogP contribution >= 0.6 is 0 Å². The second kappa shape index (κ2) is 8.74. The van der Waals surface area contributed by atoms with Gasteiger partial charge in [0.25, 0.3) is 0 Å². The zero-order valence-corrected chi connectivity index (χ0v) is 11.9. The maximum absolute atomic E-state index is 9.85. The van der Waals surface area contributed by atoms with E-state index in [-0.39, 0.29) is 12.4 Å². The number of rotatable bonds is 8. The molecule has 4 N–H and O–H groups in total. The Morgan fingerprint density at radius 1 is 1.20 bits per heavy atom. The Labute approximate surface area is 120 Å². The van der Waals surface area contributed by atoms with E-state index in [0.717, 1.165) is 19.3 Å². The number of unbranched alkanes of at least 4 members (excludes halogenated alkanes) is 2. The summed E-state index contributed by atoms with van der Waals surface area (Å²) in [4.78, 5) is 0. The zero-order valence-electron chi connectivity index (χ0n) is 11.9. The standard InChI is InChI=1S/C16H24O4/c1-2-3-4-7-15(19)16(20)10-9-12-6-5-8-14(18)13(12)11-17/h5-6,8-10,15-20H,2-4,7,11H2,1H3. The van der Waals surface area contributed by atoms with Gasteiger partial charge in [-0.2, -0.15) is 0 Å². The molecule has 0 fully saturated rings. The first kappa shape index (κ1) is 16.7. The van der Waals surface area contributed by atoms with Gasteiger partial charge in [-0.25, -0.2) is 0 Å². The van der Waals surface area contributed by atoms with Gasteiger partial charge >= 0.3 is 0 Å². The minimum Gasteiger partial charge on any atom is -0.508 e. The molecule has 1 aromatic rings. The number of phenols is 1. The number of hydrogen-bond donors (Lipinski definition) is 4. The van der Waals surface area contributed by atoms with E-state index in [1.54, 1.807) is 18.2 Å². The van der Waals surface area contributed by atoms with Gasteiger partial charge in [0, 0.05) is 5.56 Å². The Kier molecular flexibility index (Phi) is 7.30. The molecule has 1 aromatic carbocycles. The predicted molar refractivity (Wildman–Crippen MR) is 79.2 cm³/mol. The van der Waals surface area contributed by atoms with Crippen molar-refractivity contribution in [2.45, 2.75) is 51.4 Å². The lowest BCUT2D eigenvalue weighted by Gasteiger charge is -2.14. The van der Waals surface area contributed by atoms with E-state index < -0.39 is 12.2 Å². The van der Waals surface area contributed by atoms with Crippen LogP contribution in [0.1, 0.15) is 43.7 Å². The second-order valence-electron chi connectivity index (χ2n) is 4.92. The Balaban J connectivity index is 2.65. The van der Waals surface area contributed by atoms with Crippen molar-refractivity contribution >= 4 is 6.08 Å². The number of aromatic hydroxyl groups is 1. The molecule has 0 radical (unpaired) electrons. The highest BCUT2D eigenvalue weighted by Crippen LogP contribution is 2.22. The van der Waals surface area contributed by atoms with Crippen molar-refractivity contribution in [1.82, 2.24) is 0 Å². The summed E-state index contributed by atoms with van der Waals surface area (Å²) in [5, 5.41) is 38.5. The first-order chi connectivity index (χ1) is 9.60. The molecule has 4 nitrogen and oxygen atoms in total. The Morgan fingerprint density at radius 3 is 2.60 bits per heavy atom. The average molecular weight is 280 g/mol. The highest BCUT2D eigenvalue weighted by molar-refractivity contribution is 5.57. The maximum atomic E-state index is 9.85. The molecule has 0 bridgehead atoms. The lowest BCUT2D eigenvalue weighted by atomic mass is 10.0. The van der Waals surface area contributed by atoms with Gasteiger partial charge in [0.1, 0.15) is 5.75 Å². The van der Waals surface area contributed by atoms with E-state index in [0.29, 0.717) is 17.5 Å². The fourth-order valence-corrected chi connectivity index (χ4v) is 2.03. The first-order valence-electron chi connectivity index (χ1n) is 7.06. The lowest BCUT2D eigenvalue weighted by Crippen LogP contribution is -2.23. The number of aliphatic hydroxyl groups is 3. The molecule has 20 heavy (non-hydrogen) atoms. The Bertz CT molecular complexity index is 428. The molecule has 0 saturated carbocycles. The van der Waals surface area contributed by atoms with Gasteiger partial charge in [0.2, 0.25) is 0 Å². The molecular formula is C16H24O4. The van der Waals surface area contributed by atoms with E-state index in [1.807, 2.05) is 0 Å². The third-order valence-corrected chi connectivity index (χ3v) is 3.32. The number of hydrogen-bond acceptors (Lipinski definition) is 4. The fourth-order valence-electron chi connectivity index (χ4n) is 2.03. The minimum absolute atomic E-state index is 0.0210. The van der Waals surface area contributed by atoms with Crippen molar-refractivity contribution in [3.8, 4) is 5.75 Å². The number of aliphatic hydroxyl groups excluding tert-OH is 3. The van der Waals surface area contributed by atoms with E-state index >= 15 is 0 Å². The normalized spacial score (nSPS) is 14.6. The van der Waals surface area contributed by atoms with Gasteiger partial charge < -0.3 is 20.4 Å². The molecule has 1 rings (SSSR count). The summed E-state index contributed by atoms with van der Waals surface area (Å²) in [5.74, 6) is 0.0210. The molecule has 0 heterocycles. The predicted octanol–water partition coefficient (Wildman–Crippen LogP) is 2.20. The molecule has 2 unspecified atom stereocenters. The van der Waals surface area contributed by atoms with Crippen LogP contribution in [0, 0.1) is 0 Å². The molecule has 0 amide bonds. The van der Waals surface area contributed by atoms with Gasteiger partial charge in [0.15, 0.2) is 0 Å².